The number of hydrogen-bond acceptors (Lipinski definition) is 4. The third-order valence-electron chi connectivity index (χ3n) is 3.39. The number of nitro benzene ring substituents is 1. The first-order chi connectivity index (χ1) is 11.0. The maximum absolute atomic E-state index is 11.8. The van der Waals surface area contributed by atoms with Crippen molar-refractivity contribution < 1.29 is 19.6 Å². The number of unbranched alkanes of at least 4 members (excludes halogenated alkanes) is 5. The van der Waals surface area contributed by atoms with Crippen LogP contribution in [0, 0.1) is 10.1 Å². The highest BCUT2D eigenvalue weighted by molar-refractivity contribution is 5.90. The Morgan fingerprint density at radius 1 is 1.04 bits per heavy atom. The molecule has 0 aromatic heterocycles. The van der Waals surface area contributed by atoms with Gasteiger partial charge in [-0.15, -0.1) is 0 Å². The molecule has 23 heavy (non-hydrogen) atoms. The lowest BCUT2D eigenvalue weighted by molar-refractivity contribution is -0.384. The fraction of sp³-hybridized carbons (Fsp3) is 0.500. The number of non-ortho nitro benzene ring substituents is 1. The molecule has 7 heteroatoms. The number of aliphatic carboxylic acids is 1. The second-order valence-electron chi connectivity index (χ2n) is 5.37. The first-order valence-corrected chi connectivity index (χ1v) is 7.75. The Bertz CT molecular complexity index is 545. The van der Waals surface area contributed by atoms with Gasteiger partial charge in [0.15, 0.2) is 0 Å². The lowest BCUT2D eigenvalue weighted by Crippen LogP contribution is -2.11. The molecule has 0 spiro atoms. The van der Waals surface area contributed by atoms with Crippen LogP contribution in [-0.4, -0.2) is 21.9 Å². The third-order valence-corrected chi connectivity index (χ3v) is 3.39. The van der Waals surface area contributed by atoms with E-state index in [0.29, 0.717) is 18.5 Å². The summed E-state index contributed by atoms with van der Waals surface area (Å²) in [7, 11) is 0. The smallest absolute Gasteiger partial charge is 0.303 e. The first-order valence-electron chi connectivity index (χ1n) is 7.75. The van der Waals surface area contributed by atoms with E-state index in [0.717, 1.165) is 32.1 Å². The average molecular weight is 322 g/mol. The highest BCUT2D eigenvalue weighted by atomic mass is 16.6. The predicted molar refractivity (Wildman–Crippen MR) is 86.3 cm³/mol. The number of carbonyl (C=O) groups is 2. The molecule has 0 saturated carbocycles. The fourth-order valence-corrected chi connectivity index (χ4v) is 2.19. The molecule has 0 radical (unpaired) electrons. The summed E-state index contributed by atoms with van der Waals surface area (Å²) in [5.74, 6) is -0.917. The summed E-state index contributed by atoms with van der Waals surface area (Å²) in [5.41, 5.74) is 0.377. The number of benzene rings is 1. The predicted octanol–water partition coefficient (Wildman–Crippen LogP) is 3.74. The van der Waals surface area contributed by atoms with Crippen molar-refractivity contribution in [2.75, 3.05) is 5.32 Å². The number of nitro groups is 1. The molecule has 0 aliphatic carbocycles. The van der Waals surface area contributed by atoms with E-state index in [-0.39, 0.29) is 18.0 Å². The van der Waals surface area contributed by atoms with Crippen molar-refractivity contribution in [1.29, 1.82) is 0 Å². The number of rotatable bonds is 11. The zero-order valence-corrected chi connectivity index (χ0v) is 13.0. The van der Waals surface area contributed by atoms with Gasteiger partial charge >= 0.3 is 5.97 Å². The van der Waals surface area contributed by atoms with Crippen LogP contribution in [0.5, 0.6) is 0 Å². The SMILES string of the molecule is O=C(O)CCCCCCCCC(=O)Nc1cccc([N+](=O)[O-])c1. The van der Waals surface area contributed by atoms with Gasteiger partial charge in [-0.1, -0.05) is 31.7 Å². The van der Waals surface area contributed by atoms with Gasteiger partial charge in [-0.05, 0) is 18.9 Å². The summed E-state index contributed by atoms with van der Waals surface area (Å²) in [4.78, 5) is 32.2. The Kier molecular flexibility index (Phi) is 8.34. The number of amides is 1. The fourth-order valence-electron chi connectivity index (χ4n) is 2.19. The molecule has 0 unspecified atom stereocenters. The lowest BCUT2D eigenvalue weighted by Gasteiger charge is -2.05. The first kappa shape index (κ1) is 18.6. The number of anilines is 1. The minimum atomic E-state index is -0.761. The van der Waals surface area contributed by atoms with Gasteiger partial charge in [0, 0.05) is 30.7 Å². The van der Waals surface area contributed by atoms with Gasteiger partial charge in [0.25, 0.3) is 5.69 Å². The van der Waals surface area contributed by atoms with E-state index in [4.69, 9.17) is 5.11 Å². The van der Waals surface area contributed by atoms with E-state index in [2.05, 4.69) is 5.32 Å². The normalized spacial score (nSPS) is 10.3. The van der Waals surface area contributed by atoms with Crippen LogP contribution in [0.4, 0.5) is 11.4 Å². The standard InChI is InChI=1S/C16H22N2O5/c19-15(10-5-3-1-2-4-6-11-16(20)21)17-13-8-7-9-14(12-13)18(22)23/h7-9,12H,1-6,10-11H2,(H,17,19)(H,20,21). The van der Waals surface area contributed by atoms with E-state index in [1.54, 1.807) is 6.07 Å². The van der Waals surface area contributed by atoms with Crippen LogP contribution in [-0.2, 0) is 9.59 Å². The molecule has 0 aliphatic heterocycles. The number of nitrogens with one attached hydrogen (secondary N) is 1. The Morgan fingerprint density at radius 2 is 1.65 bits per heavy atom. The van der Waals surface area contributed by atoms with Crippen LogP contribution >= 0.6 is 0 Å². The summed E-state index contributed by atoms with van der Waals surface area (Å²) >= 11 is 0. The molecule has 2 N–H and O–H groups in total. The quantitative estimate of drug-likeness (QED) is 0.366. The molecule has 1 rings (SSSR count). The third kappa shape index (κ3) is 8.55. The Hall–Kier alpha value is -2.44. The molecule has 0 heterocycles. The highest BCUT2D eigenvalue weighted by Crippen LogP contribution is 2.17. The molecule has 0 saturated heterocycles. The van der Waals surface area contributed by atoms with Crippen molar-refractivity contribution in [3.63, 3.8) is 0 Å². The van der Waals surface area contributed by atoms with E-state index in [1.807, 2.05) is 0 Å². The van der Waals surface area contributed by atoms with E-state index in [1.165, 1.54) is 18.2 Å². The van der Waals surface area contributed by atoms with E-state index < -0.39 is 10.9 Å². The van der Waals surface area contributed by atoms with Gasteiger partial charge < -0.3 is 10.4 Å². The molecule has 0 aliphatic rings. The van der Waals surface area contributed by atoms with Crippen LogP contribution in [0.3, 0.4) is 0 Å². The number of carboxylic acids is 1. The zero-order valence-electron chi connectivity index (χ0n) is 13.0. The summed E-state index contributed by atoms with van der Waals surface area (Å²) < 4.78 is 0. The average Bonchev–Trinajstić information content (AvgIpc) is 2.49. The van der Waals surface area contributed by atoms with Gasteiger partial charge in [0.05, 0.1) is 4.92 Å². The molecule has 1 aromatic rings. The van der Waals surface area contributed by atoms with Crippen LogP contribution in [0.15, 0.2) is 24.3 Å². The van der Waals surface area contributed by atoms with Gasteiger partial charge in [0.2, 0.25) is 5.91 Å². The lowest BCUT2D eigenvalue weighted by atomic mass is 10.1. The Labute approximate surface area is 134 Å². The number of carbonyl (C=O) groups excluding carboxylic acids is 1. The second kappa shape index (κ2) is 10.3. The monoisotopic (exact) mass is 322 g/mol. The van der Waals surface area contributed by atoms with Crippen molar-refractivity contribution in [1.82, 2.24) is 0 Å². The molecule has 0 atom stereocenters. The zero-order chi connectivity index (χ0) is 17.1. The van der Waals surface area contributed by atoms with Crippen LogP contribution in [0.2, 0.25) is 0 Å². The number of carboxylic acid groups (broad SMARTS) is 1. The van der Waals surface area contributed by atoms with Crippen molar-refractivity contribution in [3.05, 3.63) is 34.4 Å². The summed E-state index contributed by atoms with van der Waals surface area (Å²) in [6.45, 7) is 0. The highest BCUT2D eigenvalue weighted by Gasteiger charge is 2.08. The van der Waals surface area contributed by atoms with Crippen molar-refractivity contribution in [2.24, 2.45) is 0 Å². The van der Waals surface area contributed by atoms with Crippen LogP contribution in [0.25, 0.3) is 0 Å². The number of nitrogens with zero attached hydrogens (tertiary/aromatic N) is 1. The minimum Gasteiger partial charge on any atom is -0.481 e. The van der Waals surface area contributed by atoms with Crippen LogP contribution < -0.4 is 5.32 Å². The number of hydrogen-bond donors (Lipinski definition) is 2. The summed E-state index contributed by atoms with van der Waals surface area (Å²) in [6, 6.07) is 5.86. The van der Waals surface area contributed by atoms with Gasteiger partial charge in [-0.25, -0.2) is 0 Å². The van der Waals surface area contributed by atoms with Gasteiger partial charge in [-0.2, -0.15) is 0 Å². The second-order valence-corrected chi connectivity index (χ2v) is 5.37. The van der Waals surface area contributed by atoms with Crippen molar-refractivity contribution in [2.45, 2.75) is 51.4 Å². The molecular formula is C16H22N2O5. The van der Waals surface area contributed by atoms with Crippen molar-refractivity contribution >= 4 is 23.3 Å². The molecule has 0 fully saturated rings. The maximum Gasteiger partial charge on any atom is 0.303 e. The molecule has 126 valence electrons. The van der Waals surface area contributed by atoms with Crippen molar-refractivity contribution in [3.8, 4) is 0 Å². The van der Waals surface area contributed by atoms with E-state index in [9.17, 15) is 19.7 Å². The minimum absolute atomic E-state index is 0.0517. The molecular weight excluding hydrogens is 300 g/mol. The topological polar surface area (TPSA) is 110 Å². The maximum atomic E-state index is 11.8. The Morgan fingerprint density at radius 3 is 2.26 bits per heavy atom. The van der Waals surface area contributed by atoms with E-state index >= 15 is 0 Å². The summed E-state index contributed by atoms with van der Waals surface area (Å²) in [5, 5.41) is 21.8. The largest absolute Gasteiger partial charge is 0.481 e. The Balaban J connectivity index is 2.14. The van der Waals surface area contributed by atoms with Gasteiger partial charge in [-0.3, -0.25) is 19.7 Å². The molecule has 1 amide bonds. The molecule has 1 aromatic carbocycles. The van der Waals surface area contributed by atoms with Crippen LogP contribution in [0.1, 0.15) is 51.4 Å². The summed E-state index contributed by atoms with van der Waals surface area (Å²) in [6.07, 6.45) is 5.79. The molecule has 7 nitrogen and oxygen atoms in total. The van der Waals surface area contributed by atoms with Gasteiger partial charge in [0.1, 0.15) is 0 Å². The molecule has 0 bridgehead atoms.